The fourth-order valence-corrected chi connectivity index (χ4v) is 3.50. The van der Waals surface area contributed by atoms with E-state index in [1.54, 1.807) is 11.8 Å². The molecular weight excluding hydrogens is 336 g/mol. The summed E-state index contributed by atoms with van der Waals surface area (Å²) in [6.45, 7) is 5.50. The first-order valence-corrected chi connectivity index (χ1v) is 10.2. The second kappa shape index (κ2) is 10.4. The molecule has 2 amide bonds. The van der Waals surface area contributed by atoms with Gasteiger partial charge in [0.05, 0.1) is 5.69 Å². The Balaban J connectivity index is 1.91. The van der Waals surface area contributed by atoms with Crippen LogP contribution in [0.25, 0.3) is 0 Å². The number of pyridine rings is 1. The standard InChI is InChI=1S/C18H28N4O2S/c1-15(23)20-17(7-13-25-2)18(24)22-10-5-9-21(11-12-22)14-16-6-3-4-8-19-16/h3-4,6,8,17H,5,7,9-14H2,1-2H3,(H,20,23)/t17-/m0/s1. The van der Waals surface area contributed by atoms with E-state index in [0.717, 1.165) is 44.0 Å². The summed E-state index contributed by atoms with van der Waals surface area (Å²) < 4.78 is 0. The lowest BCUT2D eigenvalue weighted by molar-refractivity contribution is -0.136. The van der Waals surface area contributed by atoms with Crippen LogP contribution < -0.4 is 5.32 Å². The Kier molecular flexibility index (Phi) is 8.21. The summed E-state index contributed by atoms with van der Waals surface area (Å²) in [6.07, 6.45) is 5.44. The Morgan fingerprint density at radius 2 is 2.12 bits per heavy atom. The van der Waals surface area contributed by atoms with E-state index in [1.807, 2.05) is 35.6 Å². The Hall–Kier alpha value is -1.60. The van der Waals surface area contributed by atoms with E-state index in [-0.39, 0.29) is 11.8 Å². The molecule has 6 nitrogen and oxygen atoms in total. The number of rotatable bonds is 7. The van der Waals surface area contributed by atoms with Gasteiger partial charge in [-0.2, -0.15) is 11.8 Å². The molecular formula is C18H28N4O2S. The summed E-state index contributed by atoms with van der Waals surface area (Å²) in [4.78, 5) is 32.9. The lowest BCUT2D eigenvalue weighted by Gasteiger charge is -2.26. The van der Waals surface area contributed by atoms with Crippen LogP contribution in [0.5, 0.6) is 0 Å². The van der Waals surface area contributed by atoms with E-state index in [9.17, 15) is 9.59 Å². The van der Waals surface area contributed by atoms with Crippen LogP contribution in [0.15, 0.2) is 24.4 Å². The molecule has 138 valence electrons. The smallest absolute Gasteiger partial charge is 0.245 e. The van der Waals surface area contributed by atoms with Crippen molar-refractivity contribution in [1.82, 2.24) is 20.1 Å². The number of carbonyl (C=O) groups excluding carboxylic acids is 2. The van der Waals surface area contributed by atoms with Crippen molar-refractivity contribution in [3.8, 4) is 0 Å². The molecule has 1 aliphatic rings. The average Bonchev–Trinajstić information content (AvgIpc) is 2.84. The number of hydrogen-bond donors (Lipinski definition) is 1. The van der Waals surface area contributed by atoms with Crippen LogP contribution in [0, 0.1) is 0 Å². The van der Waals surface area contributed by atoms with Crippen molar-refractivity contribution >= 4 is 23.6 Å². The van der Waals surface area contributed by atoms with Crippen molar-refractivity contribution in [1.29, 1.82) is 0 Å². The molecule has 1 aromatic rings. The summed E-state index contributed by atoms with van der Waals surface area (Å²) in [6, 6.07) is 5.54. The van der Waals surface area contributed by atoms with Gasteiger partial charge in [0, 0.05) is 45.8 Å². The average molecular weight is 365 g/mol. The predicted octanol–water partition coefficient (Wildman–Crippen LogP) is 1.37. The molecule has 0 saturated carbocycles. The van der Waals surface area contributed by atoms with Gasteiger partial charge in [-0.25, -0.2) is 0 Å². The van der Waals surface area contributed by atoms with Crippen molar-refractivity contribution in [2.45, 2.75) is 32.4 Å². The fraction of sp³-hybridized carbons (Fsp3) is 0.611. The fourth-order valence-electron chi connectivity index (χ4n) is 3.03. The quantitative estimate of drug-likeness (QED) is 0.792. The molecule has 0 spiro atoms. The molecule has 1 fully saturated rings. The van der Waals surface area contributed by atoms with Crippen molar-refractivity contribution in [2.75, 3.05) is 38.2 Å². The normalized spacial score (nSPS) is 17.0. The van der Waals surface area contributed by atoms with Crippen LogP contribution >= 0.6 is 11.8 Å². The van der Waals surface area contributed by atoms with Crippen molar-refractivity contribution in [3.63, 3.8) is 0 Å². The predicted molar refractivity (Wildman–Crippen MR) is 101 cm³/mol. The van der Waals surface area contributed by atoms with E-state index in [1.165, 1.54) is 6.92 Å². The zero-order valence-electron chi connectivity index (χ0n) is 15.1. The maximum absolute atomic E-state index is 12.8. The van der Waals surface area contributed by atoms with Crippen molar-refractivity contribution in [2.24, 2.45) is 0 Å². The largest absolute Gasteiger partial charge is 0.345 e. The zero-order valence-corrected chi connectivity index (χ0v) is 15.9. The van der Waals surface area contributed by atoms with Crippen LogP contribution in [-0.4, -0.2) is 70.8 Å². The third kappa shape index (κ3) is 6.66. The maximum Gasteiger partial charge on any atom is 0.245 e. The third-order valence-corrected chi connectivity index (χ3v) is 4.94. The van der Waals surface area contributed by atoms with Gasteiger partial charge >= 0.3 is 0 Å². The number of nitrogens with one attached hydrogen (secondary N) is 1. The lowest BCUT2D eigenvalue weighted by Crippen LogP contribution is -2.49. The van der Waals surface area contributed by atoms with E-state index < -0.39 is 6.04 Å². The highest BCUT2D eigenvalue weighted by Crippen LogP contribution is 2.11. The molecule has 0 bridgehead atoms. The second-order valence-electron chi connectivity index (χ2n) is 6.31. The minimum atomic E-state index is -0.410. The lowest BCUT2D eigenvalue weighted by atomic mass is 10.2. The molecule has 25 heavy (non-hydrogen) atoms. The minimum Gasteiger partial charge on any atom is -0.345 e. The second-order valence-corrected chi connectivity index (χ2v) is 7.30. The molecule has 1 saturated heterocycles. The van der Waals surface area contributed by atoms with Gasteiger partial charge in [0.1, 0.15) is 6.04 Å². The molecule has 1 N–H and O–H groups in total. The van der Waals surface area contributed by atoms with Crippen molar-refractivity contribution in [3.05, 3.63) is 30.1 Å². The monoisotopic (exact) mass is 364 g/mol. The first-order chi connectivity index (χ1) is 12.1. The first-order valence-electron chi connectivity index (χ1n) is 8.77. The molecule has 7 heteroatoms. The molecule has 0 radical (unpaired) electrons. The van der Waals surface area contributed by atoms with Gasteiger partial charge in [0.15, 0.2) is 0 Å². The van der Waals surface area contributed by atoms with Gasteiger partial charge in [-0.05, 0) is 37.0 Å². The van der Waals surface area contributed by atoms with Gasteiger partial charge in [-0.3, -0.25) is 19.5 Å². The highest BCUT2D eigenvalue weighted by atomic mass is 32.2. The topological polar surface area (TPSA) is 65.5 Å². The maximum atomic E-state index is 12.8. The van der Waals surface area contributed by atoms with Gasteiger partial charge in [-0.15, -0.1) is 0 Å². The number of nitrogens with zero attached hydrogens (tertiary/aromatic N) is 3. The number of amides is 2. The zero-order chi connectivity index (χ0) is 18.1. The Morgan fingerprint density at radius 3 is 2.80 bits per heavy atom. The molecule has 0 aliphatic carbocycles. The molecule has 1 aliphatic heterocycles. The van der Waals surface area contributed by atoms with E-state index in [4.69, 9.17) is 0 Å². The van der Waals surface area contributed by atoms with Gasteiger partial charge in [0.2, 0.25) is 11.8 Å². The van der Waals surface area contributed by atoms with Crippen LogP contribution in [0.4, 0.5) is 0 Å². The summed E-state index contributed by atoms with van der Waals surface area (Å²) in [5.41, 5.74) is 1.05. The van der Waals surface area contributed by atoms with Crippen molar-refractivity contribution < 1.29 is 9.59 Å². The van der Waals surface area contributed by atoms with Crippen LogP contribution in [0.1, 0.15) is 25.5 Å². The summed E-state index contributed by atoms with van der Waals surface area (Å²) in [7, 11) is 0. The summed E-state index contributed by atoms with van der Waals surface area (Å²) in [5.74, 6) is 0.756. The molecule has 1 atom stereocenters. The Bertz CT molecular complexity index is 555. The van der Waals surface area contributed by atoms with Gasteiger partial charge < -0.3 is 10.2 Å². The number of hydrogen-bond acceptors (Lipinski definition) is 5. The van der Waals surface area contributed by atoms with Crippen LogP contribution in [0.2, 0.25) is 0 Å². The highest BCUT2D eigenvalue weighted by molar-refractivity contribution is 7.98. The number of carbonyl (C=O) groups is 2. The molecule has 2 rings (SSSR count). The molecule has 0 aromatic carbocycles. The Morgan fingerprint density at radius 1 is 1.28 bits per heavy atom. The molecule has 2 heterocycles. The minimum absolute atomic E-state index is 0.0453. The van der Waals surface area contributed by atoms with Crippen LogP contribution in [0.3, 0.4) is 0 Å². The third-order valence-electron chi connectivity index (χ3n) is 4.30. The van der Waals surface area contributed by atoms with E-state index in [0.29, 0.717) is 13.0 Å². The summed E-state index contributed by atoms with van der Waals surface area (Å²) >= 11 is 1.69. The van der Waals surface area contributed by atoms with E-state index >= 15 is 0 Å². The van der Waals surface area contributed by atoms with E-state index in [2.05, 4.69) is 15.2 Å². The SMILES string of the molecule is CSCC[C@H](NC(C)=O)C(=O)N1CCCN(Cc2ccccn2)CC1. The van der Waals surface area contributed by atoms with Gasteiger partial charge in [-0.1, -0.05) is 6.07 Å². The highest BCUT2D eigenvalue weighted by Gasteiger charge is 2.26. The summed E-state index contributed by atoms with van der Waals surface area (Å²) in [5, 5.41) is 2.82. The number of aromatic nitrogens is 1. The first kappa shape index (κ1) is 19.7. The number of thioether (sulfide) groups is 1. The molecule has 0 unspecified atom stereocenters. The van der Waals surface area contributed by atoms with Gasteiger partial charge in [0.25, 0.3) is 0 Å². The molecule has 1 aromatic heterocycles. The van der Waals surface area contributed by atoms with Crippen LogP contribution in [-0.2, 0) is 16.1 Å². The Labute approximate surface area is 154 Å².